The summed E-state index contributed by atoms with van der Waals surface area (Å²) in [6, 6.07) is 13.9. The average Bonchev–Trinajstić information content (AvgIpc) is 2.59. The Hall–Kier alpha value is -2.82. The topological polar surface area (TPSA) is 9.23 Å². The molecular weight excluding hydrogens is 332 g/mol. The molecule has 0 heterocycles. The van der Waals surface area contributed by atoms with Gasteiger partial charge in [0.2, 0.25) is 0 Å². The molecule has 0 aliphatic heterocycles. The molecule has 3 aromatic carbocycles. The Kier molecular flexibility index (Phi) is 4.49. The Balaban J connectivity index is 1.98. The lowest BCUT2D eigenvalue weighted by molar-refractivity contribution is -0.139. The lowest BCUT2D eigenvalue weighted by Gasteiger charge is -2.11. The van der Waals surface area contributed by atoms with Gasteiger partial charge in [0.15, 0.2) is 0 Å². The summed E-state index contributed by atoms with van der Waals surface area (Å²) in [5, 5.41) is 0.361. The second kappa shape index (κ2) is 6.59. The molecule has 0 amide bonds. The molecule has 0 saturated heterocycles. The standard InChI is InChI=1S/C20H14F4O/c1-2-11-25-16-7-3-13(4-8-16)14-5-9-17-15(12-14)6-10-18(19(17)21)20(22,23)24/h2-10,12H,1,11H2. The third-order valence-corrected chi connectivity index (χ3v) is 3.81. The van der Waals surface area contributed by atoms with E-state index in [9.17, 15) is 17.6 Å². The van der Waals surface area contributed by atoms with Gasteiger partial charge in [-0.05, 0) is 40.8 Å². The van der Waals surface area contributed by atoms with Crippen molar-refractivity contribution < 1.29 is 22.3 Å². The number of alkyl halides is 3. The summed E-state index contributed by atoms with van der Waals surface area (Å²) in [6.45, 7) is 3.97. The van der Waals surface area contributed by atoms with Crippen molar-refractivity contribution in [3.63, 3.8) is 0 Å². The molecule has 0 saturated carbocycles. The summed E-state index contributed by atoms with van der Waals surface area (Å²) < 4.78 is 57.9. The van der Waals surface area contributed by atoms with E-state index in [-0.39, 0.29) is 5.39 Å². The van der Waals surface area contributed by atoms with E-state index < -0.39 is 17.6 Å². The Labute approximate surface area is 142 Å². The van der Waals surface area contributed by atoms with Crippen molar-refractivity contribution in [2.24, 2.45) is 0 Å². The van der Waals surface area contributed by atoms with E-state index in [0.717, 1.165) is 17.2 Å². The highest BCUT2D eigenvalue weighted by Crippen LogP contribution is 2.35. The maximum atomic E-state index is 14.1. The Morgan fingerprint density at radius 3 is 2.24 bits per heavy atom. The van der Waals surface area contributed by atoms with Gasteiger partial charge in [-0.3, -0.25) is 0 Å². The van der Waals surface area contributed by atoms with Gasteiger partial charge in [0.1, 0.15) is 18.2 Å². The van der Waals surface area contributed by atoms with Crippen LogP contribution in [0.1, 0.15) is 5.56 Å². The third-order valence-electron chi connectivity index (χ3n) is 3.81. The van der Waals surface area contributed by atoms with Gasteiger partial charge in [0, 0.05) is 5.39 Å². The fourth-order valence-electron chi connectivity index (χ4n) is 2.59. The minimum atomic E-state index is -4.71. The predicted molar refractivity (Wildman–Crippen MR) is 90.0 cm³/mol. The molecule has 0 aliphatic carbocycles. The number of hydrogen-bond donors (Lipinski definition) is 0. The summed E-state index contributed by atoms with van der Waals surface area (Å²) in [4.78, 5) is 0. The minimum Gasteiger partial charge on any atom is -0.490 e. The van der Waals surface area contributed by atoms with Gasteiger partial charge in [-0.2, -0.15) is 13.2 Å². The molecule has 25 heavy (non-hydrogen) atoms. The molecule has 0 spiro atoms. The quantitative estimate of drug-likeness (QED) is 0.402. The normalized spacial score (nSPS) is 11.5. The predicted octanol–water partition coefficient (Wildman–Crippen LogP) is 6.23. The van der Waals surface area contributed by atoms with Crippen LogP contribution < -0.4 is 4.74 Å². The van der Waals surface area contributed by atoms with Crippen LogP contribution in [0.15, 0.2) is 67.3 Å². The van der Waals surface area contributed by atoms with Gasteiger partial charge in [0.05, 0.1) is 5.56 Å². The van der Waals surface area contributed by atoms with E-state index in [1.165, 1.54) is 12.1 Å². The van der Waals surface area contributed by atoms with Crippen molar-refractivity contribution in [2.75, 3.05) is 6.61 Å². The van der Waals surface area contributed by atoms with Crippen molar-refractivity contribution in [3.8, 4) is 16.9 Å². The second-order valence-electron chi connectivity index (χ2n) is 5.48. The summed E-state index contributed by atoms with van der Waals surface area (Å²) in [6.07, 6.45) is -3.07. The number of rotatable bonds is 4. The highest BCUT2D eigenvalue weighted by atomic mass is 19.4. The molecule has 5 heteroatoms. The van der Waals surface area contributed by atoms with Crippen LogP contribution >= 0.6 is 0 Å². The molecule has 0 fully saturated rings. The van der Waals surface area contributed by atoms with Crippen molar-refractivity contribution in [3.05, 3.63) is 78.6 Å². The van der Waals surface area contributed by atoms with Crippen LogP contribution in [0.3, 0.4) is 0 Å². The van der Waals surface area contributed by atoms with E-state index >= 15 is 0 Å². The number of benzene rings is 3. The van der Waals surface area contributed by atoms with Crippen LogP contribution in [0.25, 0.3) is 21.9 Å². The summed E-state index contributed by atoms with van der Waals surface area (Å²) in [7, 11) is 0. The van der Waals surface area contributed by atoms with Crippen LogP contribution in [0.5, 0.6) is 5.75 Å². The molecule has 1 nitrogen and oxygen atoms in total. The number of hydrogen-bond acceptors (Lipinski definition) is 1. The largest absolute Gasteiger partial charge is 0.490 e. The monoisotopic (exact) mass is 346 g/mol. The molecule has 0 atom stereocenters. The zero-order chi connectivity index (χ0) is 18.0. The van der Waals surface area contributed by atoms with Crippen LogP contribution in [0, 0.1) is 5.82 Å². The third kappa shape index (κ3) is 3.50. The van der Waals surface area contributed by atoms with Gasteiger partial charge in [-0.1, -0.05) is 43.0 Å². The highest BCUT2D eigenvalue weighted by Gasteiger charge is 2.34. The van der Waals surface area contributed by atoms with Gasteiger partial charge in [0.25, 0.3) is 0 Å². The summed E-state index contributed by atoms with van der Waals surface area (Å²) in [5.41, 5.74) is 0.381. The maximum Gasteiger partial charge on any atom is 0.419 e. The van der Waals surface area contributed by atoms with E-state index in [2.05, 4.69) is 6.58 Å². The van der Waals surface area contributed by atoms with E-state index in [0.29, 0.717) is 17.7 Å². The molecule has 0 unspecified atom stereocenters. The van der Waals surface area contributed by atoms with Crippen molar-refractivity contribution >= 4 is 10.8 Å². The SMILES string of the molecule is C=CCOc1ccc(-c2ccc3c(F)c(C(F)(F)F)ccc3c2)cc1. The highest BCUT2D eigenvalue weighted by molar-refractivity contribution is 5.88. The zero-order valence-corrected chi connectivity index (χ0v) is 13.1. The van der Waals surface area contributed by atoms with Crippen LogP contribution in [0.4, 0.5) is 17.6 Å². The van der Waals surface area contributed by atoms with Gasteiger partial charge in [-0.25, -0.2) is 4.39 Å². The first kappa shape index (κ1) is 17.0. The fraction of sp³-hybridized carbons (Fsp3) is 0.100. The van der Waals surface area contributed by atoms with E-state index in [4.69, 9.17) is 4.74 Å². The van der Waals surface area contributed by atoms with Crippen LogP contribution in [-0.4, -0.2) is 6.61 Å². The van der Waals surface area contributed by atoms with E-state index in [1.807, 2.05) is 12.1 Å². The van der Waals surface area contributed by atoms with Crippen molar-refractivity contribution in [1.82, 2.24) is 0 Å². The minimum absolute atomic E-state index is 0.0514. The van der Waals surface area contributed by atoms with E-state index in [1.54, 1.807) is 30.3 Å². The molecule has 3 rings (SSSR count). The summed E-state index contributed by atoms with van der Waals surface area (Å²) in [5.74, 6) is -0.560. The van der Waals surface area contributed by atoms with Gasteiger partial charge >= 0.3 is 6.18 Å². The molecule has 0 N–H and O–H groups in total. The van der Waals surface area contributed by atoms with Crippen molar-refractivity contribution in [1.29, 1.82) is 0 Å². The van der Waals surface area contributed by atoms with Crippen molar-refractivity contribution in [2.45, 2.75) is 6.18 Å². The molecule has 0 bridgehead atoms. The molecule has 0 aliphatic rings. The lowest BCUT2D eigenvalue weighted by Crippen LogP contribution is -2.08. The maximum absolute atomic E-state index is 14.1. The Bertz CT molecular complexity index is 911. The Morgan fingerprint density at radius 2 is 1.60 bits per heavy atom. The smallest absolute Gasteiger partial charge is 0.419 e. The van der Waals surface area contributed by atoms with Gasteiger partial charge in [-0.15, -0.1) is 0 Å². The van der Waals surface area contributed by atoms with Crippen LogP contribution in [0.2, 0.25) is 0 Å². The molecule has 128 valence electrons. The number of ether oxygens (including phenoxy) is 1. The first-order valence-electron chi connectivity index (χ1n) is 7.54. The first-order chi connectivity index (χ1) is 11.9. The fourth-order valence-corrected chi connectivity index (χ4v) is 2.59. The number of halogens is 4. The average molecular weight is 346 g/mol. The van der Waals surface area contributed by atoms with Crippen LogP contribution in [-0.2, 0) is 6.18 Å². The first-order valence-corrected chi connectivity index (χ1v) is 7.54. The number of fused-ring (bicyclic) bond motifs is 1. The summed E-state index contributed by atoms with van der Waals surface area (Å²) >= 11 is 0. The zero-order valence-electron chi connectivity index (χ0n) is 13.1. The lowest BCUT2D eigenvalue weighted by atomic mass is 9.99. The molecule has 0 radical (unpaired) electrons. The second-order valence-corrected chi connectivity index (χ2v) is 5.48. The molecule has 0 aromatic heterocycles. The molecular formula is C20H14F4O. The Morgan fingerprint density at radius 1 is 0.920 bits per heavy atom. The molecule has 3 aromatic rings. The van der Waals surface area contributed by atoms with Gasteiger partial charge < -0.3 is 4.74 Å².